The average Bonchev–Trinajstić information content (AvgIpc) is 3.47. The van der Waals surface area contributed by atoms with Crippen LogP contribution in [0.4, 0.5) is 4.79 Å². The minimum absolute atomic E-state index is 0.267. The molecular formula is C25H28N2O4. The van der Waals surface area contributed by atoms with Crippen LogP contribution in [-0.2, 0) is 9.47 Å². The highest BCUT2D eigenvalue weighted by Crippen LogP contribution is 2.44. The van der Waals surface area contributed by atoms with Crippen LogP contribution in [0.25, 0.3) is 16.8 Å². The van der Waals surface area contributed by atoms with Gasteiger partial charge in [-0.25, -0.2) is 14.6 Å². The number of esters is 1. The summed E-state index contributed by atoms with van der Waals surface area (Å²) in [6.45, 7) is 6.31. The van der Waals surface area contributed by atoms with Crippen LogP contribution in [0.1, 0.15) is 61.1 Å². The molecule has 0 saturated heterocycles. The fourth-order valence-electron chi connectivity index (χ4n) is 3.82. The highest BCUT2D eigenvalue weighted by Gasteiger charge is 2.29. The van der Waals surface area contributed by atoms with Crippen molar-refractivity contribution in [3.05, 3.63) is 59.3 Å². The third-order valence-corrected chi connectivity index (χ3v) is 5.44. The van der Waals surface area contributed by atoms with Crippen molar-refractivity contribution in [2.45, 2.75) is 45.1 Å². The third-order valence-electron chi connectivity index (χ3n) is 5.44. The van der Waals surface area contributed by atoms with E-state index in [4.69, 9.17) is 14.5 Å². The Morgan fingerprint density at radius 1 is 1.06 bits per heavy atom. The summed E-state index contributed by atoms with van der Waals surface area (Å²) in [7, 11) is 1.36. The van der Waals surface area contributed by atoms with Gasteiger partial charge in [0.25, 0.3) is 0 Å². The molecule has 2 aliphatic rings. The molecule has 6 heteroatoms. The Balaban J connectivity index is 1.64. The van der Waals surface area contributed by atoms with Gasteiger partial charge in [-0.3, -0.25) is 0 Å². The van der Waals surface area contributed by atoms with Crippen LogP contribution in [0.15, 0.2) is 42.5 Å². The molecule has 0 bridgehead atoms. The normalized spacial score (nSPS) is 16.1. The maximum atomic E-state index is 12.6. The Morgan fingerprint density at radius 3 is 2.48 bits per heavy atom. The molecule has 0 spiro atoms. The van der Waals surface area contributed by atoms with Gasteiger partial charge in [-0.15, -0.1) is 0 Å². The van der Waals surface area contributed by atoms with E-state index in [0.717, 1.165) is 16.8 Å². The molecule has 6 nitrogen and oxygen atoms in total. The molecule has 1 fully saturated rings. The first-order valence-corrected chi connectivity index (χ1v) is 10.6. The van der Waals surface area contributed by atoms with Crippen molar-refractivity contribution < 1.29 is 19.1 Å². The lowest BCUT2D eigenvalue weighted by Crippen LogP contribution is -2.35. The van der Waals surface area contributed by atoms with Crippen LogP contribution in [0.3, 0.4) is 0 Å². The van der Waals surface area contributed by atoms with Crippen molar-refractivity contribution in [1.29, 1.82) is 0 Å². The second kappa shape index (κ2) is 8.17. The largest absolute Gasteiger partial charge is 0.464 e. The van der Waals surface area contributed by atoms with Crippen LogP contribution in [-0.4, -0.2) is 47.7 Å². The standard InChI is InChI=1S/C25H28N2O4/c1-25(2,3)31-24(29)27-14-13-17(15-27)19-11-12-21(26-22(19)23(28)30-4)20-8-6-5-7-18(20)16-9-10-16/h5-8,11-13,16H,9-10,14-15H2,1-4H3. The number of nitrogens with zero attached hydrogens (tertiary/aromatic N) is 2. The van der Waals surface area contributed by atoms with Crippen LogP contribution < -0.4 is 0 Å². The minimum atomic E-state index is -0.560. The van der Waals surface area contributed by atoms with Crippen LogP contribution >= 0.6 is 0 Å². The van der Waals surface area contributed by atoms with Gasteiger partial charge >= 0.3 is 12.1 Å². The molecule has 1 aliphatic heterocycles. The molecule has 0 N–H and O–H groups in total. The van der Waals surface area contributed by atoms with Crippen molar-refractivity contribution in [1.82, 2.24) is 9.88 Å². The fraction of sp³-hybridized carbons (Fsp3) is 0.400. The van der Waals surface area contributed by atoms with Crippen molar-refractivity contribution in [2.24, 2.45) is 0 Å². The van der Waals surface area contributed by atoms with Crippen LogP contribution in [0.5, 0.6) is 0 Å². The zero-order chi connectivity index (χ0) is 22.2. The summed E-state index contributed by atoms with van der Waals surface area (Å²) in [5, 5.41) is 0. The topological polar surface area (TPSA) is 68.7 Å². The van der Waals surface area contributed by atoms with Crippen LogP contribution in [0.2, 0.25) is 0 Å². The lowest BCUT2D eigenvalue weighted by atomic mass is 9.98. The molecule has 0 radical (unpaired) electrons. The van der Waals surface area contributed by atoms with E-state index in [2.05, 4.69) is 12.1 Å². The van der Waals surface area contributed by atoms with E-state index >= 15 is 0 Å². The van der Waals surface area contributed by atoms with Gasteiger partial charge in [-0.2, -0.15) is 0 Å². The van der Waals surface area contributed by atoms with Crippen molar-refractivity contribution in [2.75, 3.05) is 20.2 Å². The zero-order valence-electron chi connectivity index (χ0n) is 18.5. The fourth-order valence-corrected chi connectivity index (χ4v) is 3.82. The monoisotopic (exact) mass is 420 g/mol. The average molecular weight is 421 g/mol. The smallest absolute Gasteiger partial charge is 0.410 e. The number of amides is 1. The summed E-state index contributed by atoms with van der Waals surface area (Å²) in [6.07, 6.45) is 3.94. The van der Waals surface area contributed by atoms with E-state index in [0.29, 0.717) is 24.6 Å². The van der Waals surface area contributed by atoms with Gasteiger partial charge in [0.05, 0.1) is 12.8 Å². The highest BCUT2D eigenvalue weighted by atomic mass is 16.6. The summed E-state index contributed by atoms with van der Waals surface area (Å²) in [5.74, 6) is 0.0801. The minimum Gasteiger partial charge on any atom is -0.464 e. The van der Waals surface area contributed by atoms with E-state index < -0.39 is 11.6 Å². The number of carbonyl (C=O) groups excluding carboxylic acids is 2. The molecule has 2 heterocycles. The first-order chi connectivity index (χ1) is 14.8. The number of hydrogen-bond acceptors (Lipinski definition) is 5. The summed E-state index contributed by atoms with van der Waals surface area (Å²) in [4.78, 5) is 31.3. The third kappa shape index (κ3) is 4.63. The number of methoxy groups -OCH3 is 1. The SMILES string of the molecule is COC(=O)c1nc(-c2ccccc2C2CC2)ccc1C1=CCN(C(=O)OC(C)(C)C)C1. The van der Waals surface area contributed by atoms with Gasteiger partial charge in [0.15, 0.2) is 5.69 Å². The van der Waals surface area contributed by atoms with Gasteiger partial charge in [0.1, 0.15) is 5.60 Å². The van der Waals surface area contributed by atoms with Crippen molar-refractivity contribution >= 4 is 17.6 Å². The molecule has 1 aliphatic carbocycles. The molecule has 2 aromatic rings. The van der Waals surface area contributed by atoms with Gasteiger partial charge in [-0.1, -0.05) is 36.4 Å². The van der Waals surface area contributed by atoms with Gasteiger partial charge in [-0.05, 0) is 56.7 Å². The maximum absolute atomic E-state index is 12.6. The number of hydrogen-bond donors (Lipinski definition) is 0. The predicted molar refractivity (Wildman–Crippen MR) is 119 cm³/mol. The van der Waals surface area contributed by atoms with Gasteiger partial charge in [0, 0.05) is 24.2 Å². The lowest BCUT2D eigenvalue weighted by Gasteiger charge is -2.24. The number of pyridine rings is 1. The number of benzene rings is 1. The first-order valence-electron chi connectivity index (χ1n) is 10.6. The molecule has 1 amide bonds. The number of ether oxygens (including phenoxy) is 2. The molecule has 1 aromatic heterocycles. The summed E-state index contributed by atoms with van der Waals surface area (Å²) >= 11 is 0. The van der Waals surface area contributed by atoms with E-state index in [-0.39, 0.29) is 11.8 Å². The molecule has 31 heavy (non-hydrogen) atoms. The molecule has 0 atom stereocenters. The number of carbonyl (C=O) groups is 2. The number of aromatic nitrogens is 1. The second-order valence-electron chi connectivity index (χ2n) is 9.04. The van der Waals surface area contributed by atoms with Crippen molar-refractivity contribution in [3.63, 3.8) is 0 Å². The van der Waals surface area contributed by atoms with E-state index in [1.165, 1.54) is 25.5 Å². The molecule has 1 aromatic carbocycles. The number of rotatable bonds is 4. The lowest BCUT2D eigenvalue weighted by molar-refractivity contribution is 0.0306. The van der Waals surface area contributed by atoms with Crippen molar-refractivity contribution in [3.8, 4) is 11.3 Å². The summed E-state index contributed by atoms with van der Waals surface area (Å²) < 4.78 is 10.5. The van der Waals surface area contributed by atoms with Crippen LogP contribution in [0, 0.1) is 0 Å². The predicted octanol–water partition coefficient (Wildman–Crippen LogP) is 5.05. The zero-order valence-corrected chi connectivity index (χ0v) is 18.5. The molecular weight excluding hydrogens is 392 g/mol. The second-order valence-corrected chi connectivity index (χ2v) is 9.04. The summed E-state index contributed by atoms with van der Waals surface area (Å²) in [5.41, 5.74) is 4.34. The first kappa shape index (κ1) is 21.1. The van der Waals surface area contributed by atoms with E-state index in [1.54, 1.807) is 4.90 Å². The maximum Gasteiger partial charge on any atom is 0.410 e. The molecule has 0 unspecified atom stereocenters. The molecule has 162 valence electrons. The molecule has 1 saturated carbocycles. The van der Waals surface area contributed by atoms with Gasteiger partial charge in [0.2, 0.25) is 0 Å². The Morgan fingerprint density at radius 2 is 1.81 bits per heavy atom. The van der Waals surface area contributed by atoms with E-state index in [1.807, 2.05) is 51.1 Å². The highest BCUT2D eigenvalue weighted by molar-refractivity contribution is 5.95. The van der Waals surface area contributed by atoms with Gasteiger partial charge < -0.3 is 14.4 Å². The summed E-state index contributed by atoms with van der Waals surface area (Å²) in [6, 6.07) is 12.1. The Hall–Kier alpha value is -3.15. The Kier molecular flexibility index (Phi) is 5.56. The van der Waals surface area contributed by atoms with E-state index in [9.17, 15) is 9.59 Å². The Labute approximate surface area is 182 Å². The quantitative estimate of drug-likeness (QED) is 0.648. The molecule has 4 rings (SSSR count). The Bertz CT molecular complexity index is 1050.